The van der Waals surface area contributed by atoms with Crippen LogP contribution in [0.1, 0.15) is 25.7 Å². The fraction of sp³-hybridized carbons (Fsp3) is 1.00. The summed E-state index contributed by atoms with van der Waals surface area (Å²) in [5.41, 5.74) is 0. The summed E-state index contributed by atoms with van der Waals surface area (Å²) < 4.78 is 21.9. The molecule has 0 aromatic rings. The molecule has 0 saturated carbocycles. The molecule has 0 aliphatic carbocycles. The molecule has 3 unspecified atom stereocenters. The van der Waals surface area contributed by atoms with E-state index in [0.29, 0.717) is 13.0 Å². The van der Waals surface area contributed by atoms with Gasteiger partial charge in [-0.05, 0) is 25.8 Å². The molecule has 1 rings (SSSR count). The minimum Gasteiger partial charge on any atom is -0.778 e. The normalized spacial score (nSPS) is 26.7. The SMILES string of the molecule is O=P([O-])(O)C(CC1CCCCN1)P(=O)(O)O.[Na+]. The zero-order chi connectivity index (χ0) is 12.4. The largest absolute Gasteiger partial charge is 1.00 e. The molecule has 1 aliphatic rings. The third-order valence-electron chi connectivity index (χ3n) is 2.67. The molecule has 1 heterocycles. The van der Waals surface area contributed by atoms with E-state index in [0.717, 1.165) is 12.8 Å². The van der Waals surface area contributed by atoms with E-state index in [1.807, 2.05) is 0 Å². The van der Waals surface area contributed by atoms with E-state index in [2.05, 4.69) is 5.32 Å². The van der Waals surface area contributed by atoms with E-state index in [4.69, 9.17) is 14.7 Å². The van der Waals surface area contributed by atoms with Gasteiger partial charge in [0.2, 0.25) is 0 Å². The van der Waals surface area contributed by atoms with E-state index in [-0.39, 0.29) is 42.0 Å². The second kappa shape index (κ2) is 7.15. The minimum absolute atomic E-state index is 0. The van der Waals surface area contributed by atoms with Gasteiger partial charge in [0.15, 0.2) is 0 Å². The fourth-order valence-corrected chi connectivity index (χ4v) is 4.41. The van der Waals surface area contributed by atoms with Gasteiger partial charge < -0.3 is 29.5 Å². The van der Waals surface area contributed by atoms with Crippen LogP contribution in [0.3, 0.4) is 0 Å². The molecule has 4 N–H and O–H groups in total. The Morgan fingerprint density at radius 1 is 1.29 bits per heavy atom. The van der Waals surface area contributed by atoms with E-state index >= 15 is 0 Å². The maximum Gasteiger partial charge on any atom is 1.00 e. The quantitative estimate of drug-likeness (QED) is 0.314. The van der Waals surface area contributed by atoms with Crippen LogP contribution in [0, 0.1) is 0 Å². The maximum absolute atomic E-state index is 11.0. The first-order valence-corrected chi connectivity index (χ1v) is 8.36. The van der Waals surface area contributed by atoms with Gasteiger partial charge in [0.25, 0.3) is 0 Å². The molecule has 1 fully saturated rings. The zero-order valence-corrected chi connectivity index (χ0v) is 13.4. The van der Waals surface area contributed by atoms with Crippen LogP contribution in [0.5, 0.6) is 0 Å². The molecule has 1 saturated heterocycles. The molecule has 0 bridgehead atoms. The van der Waals surface area contributed by atoms with Crippen LogP contribution < -0.4 is 39.8 Å². The second-order valence-corrected chi connectivity index (χ2v) is 7.98. The number of piperidine rings is 1. The molecule has 0 aromatic carbocycles. The van der Waals surface area contributed by atoms with E-state index in [1.165, 1.54) is 0 Å². The van der Waals surface area contributed by atoms with Crippen molar-refractivity contribution in [3.8, 4) is 0 Å². The average Bonchev–Trinajstić information content (AvgIpc) is 2.12. The summed E-state index contributed by atoms with van der Waals surface area (Å²) in [5.74, 6) is 0. The molecule has 3 atom stereocenters. The van der Waals surface area contributed by atoms with Gasteiger partial charge in [0, 0.05) is 6.04 Å². The Labute approximate surface area is 122 Å². The summed E-state index contributed by atoms with van der Waals surface area (Å²) in [5, 5.41) is 0.989. The minimum atomic E-state index is -5.02. The Morgan fingerprint density at radius 2 is 1.88 bits per heavy atom. The number of hydrogen-bond acceptors (Lipinski definition) is 4. The van der Waals surface area contributed by atoms with Crippen LogP contribution in [0.2, 0.25) is 0 Å². The Morgan fingerprint density at radius 3 is 2.24 bits per heavy atom. The van der Waals surface area contributed by atoms with Crippen molar-refractivity contribution in [2.24, 2.45) is 0 Å². The molecular weight excluding hydrogens is 279 g/mol. The summed E-state index contributed by atoms with van der Waals surface area (Å²) in [4.78, 5) is 37.5. The summed E-state index contributed by atoms with van der Waals surface area (Å²) in [6.07, 6.45) is 2.27. The van der Waals surface area contributed by atoms with Gasteiger partial charge in [-0.2, -0.15) is 0 Å². The molecule has 96 valence electrons. The van der Waals surface area contributed by atoms with Crippen LogP contribution in [0.25, 0.3) is 0 Å². The first-order chi connectivity index (χ1) is 7.21. The summed E-state index contributed by atoms with van der Waals surface area (Å²) in [7, 11) is -9.85. The number of rotatable bonds is 4. The third kappa shape index (κ3) is 6.30. The Balaban J connectivity index is 0.00000256. The maximum atomic E-state index is 11.0. The first kappa shape index (κ1) is 18.3. The average molecular weight is 295 g/mol. The van der Waals surface area contributed by atoms with Crippen LogP contribution in [-0.2, 0) is 9.13 Å². The Kier molecular flexibility index (Phi) is 7.68. The predicted octanol–water partition coefficient (Wildman–Crippen LogP) is -3.43. The van der Waals surface area contributed by atoms with E-state index in [9.17, 15) is 14.0 Å². The molecule has 17 heavy (non-hydrogen) atoms. The molecular formula is C7H16NNaO6P2. The van der Waals surface area contributed by atoms with E-state index < -0.39 is 20.6 Å². The zero-order valence-electron chi connectivity index (χ0n) is 9.65. The van der Waals surface area contributed by atoms with Crippen molar-refractivity contribution in [3.63, 3.8) is 0 Å². The van der Waals surface area contributed by atoms with Crippen LogP contribution in [0.4, 0.5) is 0 Å². The van der Waals surface area contributed by atoms with Gasteiger partial charge in [0.05, 0.1) is 0 Å². The fourth-order valence-electron chi connectivity index (χ4n) is 1.84. The van der Waals surface area contributed by atoms with Gasteiger partial charge in [-0.1, -0.05) is 6.42 Å². The van der Waals surface area contributed by atoms with Crippen molar-refractivity contribution in [2.75, 3.05) is 6.54 Å². The first-order valence-electron chi connectivity index (χ1n) is 5.03. The number of nitrogens with one attached hydrogen (secondary N) is 1. The van der Waals surface area contributed by atoms with Crippen molar-refractivity contribution in [1.82, 2.24) is 5.32 Å². The van der Waals surface area contributed by atoms with Crippen LogP contribution in [-0.4, -0.2) is 32.7 Å². The standard InChI is InChI=1S/C7H17NO6P2.Na/c9-15(10,11)7(16(12,13)14)5-6-3-1-2-4-8-6;/h6-8H,1-5H2,(H2,9,10,11)(H2,12,13,14);/q;+1/p-1. The van der Waals surface area contributed by atoms with Crippen molar-refractivity contribution in [3.05, 3.63) is 0 Å². The Bertz CT molecular complexity index is 300. The van der Waals surface area contributed by atoms with Gasteiger partial charge in [-0.3, -0.25) is 4.57 Å². The molecule has 0 amide bonds. The van der Waals surface area contributed by atoms with Crippen LogP contribution >= 0.6 is 15.2 Å². The van der Waals surface area contributed by atoms with Gasteiger partial charge in [0.1, 0.15) is 13.0 Å². The topological polar surface area (TPSA) is 130 Å². The summed E-state index contributed by atoms with van der Waals surface area (Å²) >= 11 is 0. The van der Waals surface area contributed by atoms with Gasteiger partial charge >= 0.3 is 37.2 Å². The van der Waals surface area contributed by atoms with Crippen molar-refractivity contribution in [2.45, 2.75) is 37.1 Å². The Hall–Kier alpha value is 1.26. The second-order valence-electron chi connectivity index (χ2n) is 4.02. The van der Waals surface area contributed by atoms with Gasteiger partial charge in [-0.15, -0.1) is 0 Å². The third-order valence-corrected chi connectivity index (χ3v) is 6.40. The molecule has 7 nitrogen and oxygen atoms in total. The summed E-state index contributed by atoms with van der Waals surface area (Å²) in [6, 6.07) is -0.263. The van der Waals surface area contributed by atoms with E-state index in [1.54, 1.807) is 0 Å². The monoisotopic (exact) mass is 295 g/mol. The summed E-state index contributed by atoms with van der Waals surface area (Å²) in [6.45, 7) is 0.702. The molecule has 10 heteroatoms. The van der Waals surface area contributed by atoms with Crippen molar-refractivity contribution < 1.29 is 58.3 Å². The molecule has 0 spiro atoms. The van der Waals surface area contributed by atoms with Gasteiger partial charge in [-0.25, -0.2) is 0 Å². The molecule has 0 radical (unpaired) electrons. The van der Waals surface area contributed by atoms with Crippen molar-refractivity contribution in [1.29, 1.82) is 0 Å². The smallest absolute Gasteiger partial charge is 0.778 e. The molecule has 1 aliphatic heterocycles. The van der Waals surface area contributed by atoms with Crippen LogP contribution in [0.15, 0.2) is 0 Å². The van der Waals surface area contributed by atoms with Crippen molar-refractivity contribution >= 4 is 15.2 Å². The molecule has 0 aromatic heterocycles. The predicted molar refractivity (Wildman–Crippen MR) is 55.9 cm³/mol. The number of hydrogen-bond donors (Lipinski definition) is 4.